The van der Waals surface area contributed by atoms with Gasteiger partial charge in [0.25, 0.3) is 0 Å². The van der Waals surface area contributed by atoms with Crippen LogP contribution in [-0.2, 0) is 6.42 Å². The maximum Gasteiger partial charge on any atom is 0.168 e. The van der Waals surface area contributed by atoms with Gasteiger partial charge in [0.05, 0.1) is 7.11 Å². The molecule has 2 rings (SSSR count). The molecule has 112 valence electrons. The van der Waals surface area contributed by atoms with Gasteiger partial charge in [-0.3, -0.25) is 0 Å². The number of likely N-dealkylation sites (N-methyl/N-ethyl adjacent to an activating group) is 1. The Bertz CT molecular complexity index is 613. The van der Waals surface area contributed by atoms with Crippen molar-refractivity contribution in [1.29, 1.82) is 0 Å². The number of hydrogen-bond donors (Lipinski definition) is 1. The van der Waals surface area contributed by atoms with Crippen molar-refractivity contribution in [3.05, 3.63) is 63.6 Å². The van der Waals surface area contributed by atoms with Crippen LogP contribution in [0.1, 0.15) is 17.2 Å². The number of hydrogen-bond acceptors (Lipinski definition) is 2. The van der Waals surface area contributed by atoms with Gasteiger partial charge in [0.1, 0.15) is 5.82 Å². The van der Waals surface area contributed by atoms with Crippen LogP contribution in [0.3, 0.4) is 0 Å². The Labute approximate surface area is 131 Å². The molecule has 1 atom stereocenters. The third-order valence-corrected chi connectivity index (χ3v) is 3.78. The second-order valence-corrected chi connectivity index (χ2v) is 5.60. The van der Waals surface area contributed by atoms with Crippen molar-refractivity contribution < 1.29 is 13.5 Å². The number of benzene rings is 2. The first kappa shape index (κ1) is 15.9. The van der Waals surface area contributed by atoms with E-state index in [1.165, 1.54) is 19.2 Å². The van der Waals surface area contributed by atoms with E-state index in [9.17, 15) is 8.78 Å². The monoisotopic (exact) mass is 355 g/mol. The second kappa shape index (κ2) is 7.00. The summed E-state index contributed by atoms with van der Waals surface area (Å²) in [6, 6.07) is 9.49. The molecule has 0 aliphatic carbocycles. The molecular weight excluding hydrogens is 340 g/mol. The first-order valence-electron chi connectivity index (χ1n) is 6.49. The van der Waals surface area contributed by atoms with Gasteiger partial charge in [-0.1, -0.05) is 28.1 Å². The fourth-order valence-electron chi connectivity index (χ4n) is 2.25. The number of nitrogens with one attached hydrogen (secondary N) is 1. The first-order valence-corrected chi connectivity index (χ1v) is 7.29. The molecule has 1 N–H and O–H groups in total. The van der Waals surface area contributed by atoms with Gasteiger partial charge in [-0.15, -0.1) is 0 Å². The number of rotatable bonds is 5. The van der Waals surface area contributed by atoms with Crippen molar-refractivity contribution in [3.63, 3.8) is 0 Å². The summed E-state index contributed by atoms with van der Waals surface area (Å²) in [5.74, 6) is -0.496. The molecule has 0 aliphatic heterocycles. The molecule has 0 saturated carbocycles. The first-order chi connectivity index (χ1) is 10.0. The van der Waals surface area contributed by atoms with Gasteiger partial charge in [-0.2, -0.15) is 0 Å². The van der Waals surface area contributed by atoms with Crippen molar-refractivity contribution in [2.75, 3.05) is 14.2 Å². The smallest absolute Gasteiger partial charge is 0.168 e. The number of ether oxygens (including phenoxy) is 1. The molecule has 0 fully saturated rings. The van der Waals surface area contributed by atoms with Gasteiger partial charge in [-0.25, -0.2) is 8.78 Å². The number of halogens is 3. The van der Waals surface area contributed by atoms with Gasteiger partial charge >= 0.3 is 0 Å². The van der Waals surface area contributed by atoms with E-state index in [4.69, 9.17) is 4.74 Å². The highest BCUT2D eigenvalue weighted by molar-refractivity contribution is 9.10. The van der Waals surface area contributed by atoms with E-state index < -0.39 is 0 Å². The lowest BCUT2D eigenvalue weighted by Gasteiger charge is -2.18. The maximum atomic E-state index is 14.2. The van der Waals surface area contributed by atoms with Crippen LogP contribution >= 0.6 is 15.9 Å². The zero-order valence-corrected chi connectivity index (χ0v) is 13.4. The third kappa shape index (κ3) is 3.80. The maximum absolute atomic E-state index is 14.2. The van der Waals surface area contributed by atoms with E-state index in [0.717, 1.165) is 5.56 Å². The van der Waals surface area contributed by atoms with E-state index >= 15 is 0 Å². The molecule has 5 heteroatoms. The van der Waals surface area contributed by atoms with Gasteiger partial charge in [0.2, 0.25) is 0 Å². The lowest BCUT2D eigenvalue weighted by atomic mass is 9.98. The van der Waals surface area contributed by atoms with Gasteiger partial charge in [-0.05, 0) is 48.9 Å². The van der Waals surface area contributed by atoms with E-state index in [0.29, 0.717) is 16.5 Å². The van der Waals surface area contributed by atoms with Crippen LogP contribution in [-0.4, -0.2) is 14.2 Å². The highest BCUT2D eigenvalue weighted by atomic mass is 79.9. The SMILES string of the molecule is CNC(Cc1cccc(OC)c1F)c1cc(F)cc(Br)c1. The standard InChI is InChI=1S/C16H16BrF2NO/c1-20-14(11-6-12(17)9-13(18)7-11)8-10-4-3-5-15(21-2)16(10)19/h3-7,9,14,20H,8H2,1-2H3. The topological polar surface area (TPSA) is 21.3 Å². The lowest BCUT2D eigenvalue weighted by Crippen LogP contribution is -2.19. The summed E-state index contributed by atoms with van der Waals surface area (Å²) in [6.07, 6.45) is 0.398. The van der Waals surface area contributed by atoms with Crippen LogP contribution in [0.5, 0.6) is 5.75 Å². The van der Waals surface area contributed by atoms with Crippen LogP contribution in [0, 0.1) is 11.6 Å². The van der Waals surface area contributed by atoms with Crippen molar-refractivity contribution in [3.8, 4) is 5.75 Å². The van der Waals surface area contributed by atoms with Crippen molar-refractivity contribution in [2.24, 2.45) is 0 Å². The minimum Gasteiger partial charge on any atom is -0.494 e. The molecule has 0 aromatic heterocycles. The lowest BCUT2D eigenvalue weighted by molar-refractivity contribution is 0.383. The van der Waals surface area contributed by atoms with Gasteiger partial charge in [0.15, 0.2) is 11.6 Å². The Morgan fingerprint density at radius 3 is 2.62 bits per heavy atom. The van der Waals surface area contributed by atoms with Crippen molar-refractivity contribution in [1.82, 2.24) is 5.32 Å². The molecule has 0 amide bonds. The van der Waals surface area contributed by atoms with Gasteiger partial charge < -0.3 is 10.1 Å². The Morgan fingerprint density at radius 2 is 2.00 bits per heavy atom. The Hall–Kier alpha value is -1.46. The van der Waals surface area contributed by atoms with E-state index in [-0.39, 0.29) is 23.4 Å². The molecular formula is C16H16BrF2NO. The van der Waals surface area contributed by atoms with Crippen molar-refractivity contribution >= 4 is 15.9 Å². The summed E-state index contributed by atoms with van der Waals surface area (Å²) < 4.78 is 33.4. The predicted octanol–water partition coefficient (Wildman–Crippen LogP) is 4.24. The molecule has 0 saturated heterocycles. The summed E-state index contributed by atoms with van der Waals surface area (Å²) in [7, 11) is 3.20. The molecule has 2 aromatic rings. The predicted molar refractivity (Wildman–Crippen MR) is 82.6 cm³/mol. The molecule has 0 aliphatic rings. The molecule has 0 radical (unpaired) electrons. The zero-order valence-electron chi connectivity index (χ0n) is 11.8. The van der Waals surface area contributed by atoms with Crippen LogP contribution in [0.15, 0.2) is 40.9 Å². The van der Waals surface area contributed by atoms with Crippen LogP contribution in [0.2, 0.25) is 0 Å². The summed E-state index contributed by atoms with van der Waals surface area (Å²) in [5, 5.41) is 3.09. The van der Waals surface area contributed by atoms with Crippen LogP contribution in [0.4, 0.5) is 8.78 Å². The molecule has 2 nitrogen and oxygen atoms in total. The average Bonchev–Trinajstić information content (AvgIpc) is 2.45. The van der Waals surface area contributed by atoms with Crippen molar-refractivity contribution in [2.45, 2.75) is 12.5 Å². The molecule has 21 heavy (non-hydrogen) atoms. The Morgan fingerprint density at radius 1 is 1.24 bits per heavy atom. The summed E-state index contributed by atoms with van der Waals surface area (Å²) in [6.45, 7) is 0. The molecule has 2 aromatic carbocycles. The number of methoxy groups -OCH3 is 1. The summed E-state index contributed by atoms with van der Waals surface area (Å²) in [5.41, 5.74) is 1.28. The van der Waals surface area contributed by atoms with Gasteiger partial charge in [0, 0.05) is 10.5 Å². The largest absolute Gasteiger partial charge is 0.494 e. The fraction of sp³-hybridized carbons (Fsp3) is 0.250. The molecule has 0 bridgehead atoms. The quantitative estimate of drug-likeness (QED) is 0.865. The minimum absolute atomic E-state index is 0.196. The Kier molecular flexibility index (Phi) is 5.31. The summed E-state index contributed by atoms with van der Waals surface area (Å²) >= 11 is 3.27. The zero-order chi connectivity index (χ0) is 15.4. The molecule has 0 heterocycles. The summed E-state index contributed by atoms with van der Waals surface area (Å²) in [4.78, 5) is 0. The normalized spacial score (nSPS) is 12.2. The third-order valence-electron chi connectivity index (χ3n) is 3.32. The molecule has 1 unspecified atom stereocenters. The average molecular weight is 356 g/mol. The molecule has 0 spiro atoms. The second-order valence-electron chi connectivity index (χ2n) is 4.68. The highest BCUT2D eigenvalue weighted by Crippen LogP contribution is 2.27. The van der Waals surface area contributed by atoms with E-state index in [1.807, 2.05) is 6.07 Å². The van der Waals surface area contributed by atoms with Crippen LogP contribution in [0.25, 0.3) is 0 Å². The van der Waals surface area contributed by atoms with E-state index in [1.54, 1.807) is 25.2 Å². The highest BCUT2D eigenvalue weighted by Gasteiger charge is 2.16. The Balaban J connectivity index is 2.31. The van der Waals surface area contributed by atoms with E-state index in [2.05, 4.69) is 21.2 Å². The fourth-order valence-corrected chi connectivity index (χ4v) is 2.74. The van der Waals surface area contributed by atoms with Crippen LogP contribution < -0.4 is 10.1 Å². The minimum atomic E-state index is -0.379.